The van der Waals surface area contributed by atoms with Gasteiger partial charge in [0.15, 0.2) is 5.78 Å². The predicted octanol–water partition coefficient (Wildman–Crippen LogP) is 3.35. The van der Waals surface area contributed by atoms with Gasteiger partial charge in [-0.15, -0.1) is 0 Å². The van der Waals surface area contributed by atoms with Crippen LogP contribution in [0.1, 0.15) is 5.56 Å². The lowest BCUT2D eigenvalue weighted by Crippen LogP contribution is -2.43. The number of benzene rings is 1. The fourth-order valence-corrected chi connectivity index (χ4v) is 3.60. The molecule has 0 bridgehead atoms. The zero-order chi connectivity index (χ0) is 15.2. The van der Waals surface area contributed by atoms with E-state index in [0.717, 1.165) is 11.1 Å². The molecule has 106 valence electrons. The molecule has 1 aliphatic carbocycles. The van der Waals surface area contributed by atoms with Gasteiger partial charge < -0.3 is 4.90 Å². The molecule has 0 radical (unpaired) electrons. The zero-order valence-corrected chi connectivity index (χ0v) is 13.5. The van der Waals surface area contributed by atoms with E-state index in [2.05, 4.69) is 15.9 Å². The van der Waals surface area contributed by atoms with Crippen molar-refractivity contribution in [2.45, 2.75) is 5.54 Å². The molecule has 3 rings (SSSR count). The van der Waals surface area contributed by atoms with Crippen LogP contribution in [0.25, 0.3) is 5.57 Å². The molecule has 0 atom stereocenters. The molecule has 1 aromatic rings. The highest BCUT2D eigenvalue weighted by atomic mass is 79.9. The van der Waals surface area contributed by atoms with Crippen LogP contribution < -0.4 is 0 Å². The van der Waals surface area contributed by atoms with E-state index in [9.17, 15) is 9.59 Å². The van der Waals surface area contributed by atoms with Crippen molar-refractivity contribution in [2.24, 2.45) is 0 Å². The third-order valence-electron chi connectivity index (χ3n) is 3.80. The standard InChI is InChI=1S/C16H11BrClNO2/c1-19-15(21)14(17)13(10-2-4-11(18)5-3-10)16(19)8-6-12(20)7-9-16/h2-9H,1H3. The number of carbonyl (C=O) groups is 2. The van der Waals surface area contributed by atoms with Crippen LogP contribution in [0.3, 0.4) is 0 Å². The molecule has 0 N–H and O–H groups in total. The van der Waals surface area contributed by atoms with Crippen molar-refractivity contribution in [3.05, 3.63) is 63.6 Å². The van der Waals surface area contributed by atoms with E-state index in [0.29, 0.717) is 9.51 Å². The largest absolute Gasteiger partial charge is 0.324 e. The topological polar surface area (TPSA) is 37.4 Å². The second kappa shape index (κ2) is 4.97. The summed E-state index contributed by atoms with van der Waals surface area (Å²) in [7, 11) is 1.72. The molecule has 0 saturated carbocycles. The number of halogens is 2. The van der Waals surface area contributed by atoms with Gasteiger partial charge in [-0.1, -0.05) is 23.7 Å². The number of allylic oxidation sites excluding steroid dienone is 2. The van der Waals surface area contributed by atoms with Crippen LogP contribution in [-0.4, -0.2) is 29.2 Å². The van der Waals surface area contributed by atoms with E-state index in [1.54, 1.807) is 36.2 Å². The maximum Gasteiger partial charge on any atom is 0.262 e. The summed E-state index contributed by atoms with van der Waals surface area (Å²) in [4.78, 5) is 25.4. The second-order valence-electron chi connectivity index (χ2n) is 4.95. The molecule has 1 spiro atoms. The Morgan fingerprint density at radius 1 is 1.10 bits per heavy atom. The summed E-state index contributed by atoms with van der Waals surface area (Å²) in [5.41, 5.74) is 0.955. The number of hydrogen-bond donors (Lipinski definition) is 0. The minimum Gasteiger partial charge on any atom is -0.324 e. The third-order valence-corrected chi connectivity index (χ3v) is 4.79. The lowest BCUT2D eigenvalue weighted by molar-refractivity contribution is -0.125. The van der Waals surface area contributed by atoms with Crippen molar-refractivity contribution in [2.75, 3.05) is 7.05 Å². The second-order valence-corrected chi connectivity index (χ2v) is 6.18. The number of rotatable bonds is 1. The summed E-state index contributed by atoms with van der Waals surface area (Å²) in [6.07, 6.45) is 6.49. The van der Waals surface area contributed by atoms with Crippen LogP contribution in [0.5, 0.6) is 0 Å². The van der Waals surface area contributed by atoms with E-state index >= 15 is 0 Å². The summed E-state index contributed by atoms with van der Waals surface area (Å²) < 4.78 is 0.496. The summed E-state index contributed by atoms with van der Waals surface area (Å²) in [5, 5.41) is 0.632. The van der Waals surface area contributed by atoms with E-state index in [1.165, 1.54) is 12.2 Å². The average Bonchev–Trinajstić information content (AvgIpc) is 2.66. The van der Waals surface area contributed by atoms with Crippen LogP contribution in [0, 0.1) is 0 Å². The minimum atomic E-state index is -0.738. The van der Waals surface area contributed by atoms with Crippen molar-refractivity contribution in [1.29, 1.82) is 0 Å². The van der Waals surface area contributed by atoms with Crippen molar-refractivity contribution in [3.8, 4) is 0 Å². The number of nitrogens with zero attached hydrogens (tertiary/aromatic N) is 1. The Labute approximate surface area is 135 Å². The number of ketones is 1. The van der Waals surface area contributed by atoms with Crippen LogP contribution in [0.2, 0.25) is 5.02 Å². The molecule has 1 amide bonds. The summed E-state index contributed by atoms with van der Waals surface area (Å²) in [6.45, 7) is 0. The molecule has 0 aromatic heterocycles. The van der Waals surface area contributed by atoms with Gasteiger partial charge in [-0.05, 0) is 57.9 Å². The Bertz CT molecular complexity index is 715. The molecule has 1 aromatic carbocycles. The SMILES string of the molecule is CN1C(=O)C(Br)=C(c2ccc(Cl)cc2)C12C=CC(=O)C=C2. The molecule has 1 heterocycles. The van der Waals surface area contributed by atoms with Gasteiger partial charge in [0.05, 0.1) is 4.48 Å². The number of amides is 1. The third kappa shape index (κ3) is 2.10. The minimum absolute atomic E-state index is 0.0834. The lowest BCUT2D eigenvalue weighted by atomic mass is 9.83. The smallest absolute Gasteiger partial charge is 0.262 e. The van der Waals surface area contributed by atoms with Crippen LogP contribution >= 0.6 is 27.5 Å². The molecule has 21 heavy (non-hydrogen) atoms. The highest BCUT2D eigenvalue weighted by Gasteiger charge is 2.47. The molecule has 3 nitrogen and oxygen atoms in total. The Balaban J connectivity index is 2.21. The summed E-state index contributed by atoms with van der Waals surface area (Å²) in [6, 6.07) is 7.29. The van der Waals surface area contributed by atoms with Gasteiger partial charge in [0.25, 0.3) is 5.91 Å². The number of likely N-dealkylation sites (N-methyl/N-ethyl adjacent to an activating group) is 1. The van der Waals surface area contributed by atoms with E-state index in [1.807, 2.05) is 12.1 Å². The average molecular weight is 365 g/mol. The number of carbonyl (C=O) groups excluding carboxylic acids is 2. The van der Waals surface area contributed by atoms with Gasteiger partial charge in [0.1, 0.15) is 5.54 Å². The first-order valence-electron chi connectivity index (χ1n) is 6.32. The first kappa shape index (κ1) is 14.3. The maximum absolute atomic E-state index is 12.4. The highest BCUT2D eigenvalue weighted by molar-refractivity contribution is 9.12. The first-order chi connectivity index (χ1) is 9.95. The quantitative estimate of drug-likeness (QED) is 0.766. The van der Waals surface area contributed by atoms with E-state index in [-0.39, 0.29) is 11.7 Å². The fraction of sp³-hybridized carbons (Fsp3) is 0.125. The molecular formula is C16H11BrClNO2. The van der Waals surface area contributed by atoms with Crippen molar-refractivity contribution >= 4 is 44.8 Å². The summed E-state index contributed by atoms with van der Waals surface area (Å²) in [5.74, 6) is -0.205. The predicted molar refractivity (Wildman–Crippen MR) is 86.1 cm³/mol. The fourth-order valence-electron chi connectivity index (χ4n) is 2.66. The Morgan fingerprint density at radius 3 is 2.24 bits per heavy atom. The van der Waals surface area contributed by atoms with Gasteiger partial charge >= 0.3 is 0 Å². The van der Waals surface area contributed by atoms with Crippen molar-refractivity contribution in [1.82, 2.24) is 4.90 Å². The molecule has 0 saturated heterocycles. The normalized spacial score (nSPS) is 20.0. The lowest BCUT2D eigenvalue weighted by Gasteiger charge is -2.34. The van der Waals surface area contributed by atoms with Gasteiger partial charge in [0.2, 0.25) is 0 Å². The molecular weight excluding hydrogens is 354 g/mol. The number of hydrogen-bond acceptors (Lipinski definition) is 2. The molecule has 2 aliphatic rings. The molecule has 5 heteroatoms. The molecule has 0 unspecified atom stereocenters. The monoisotopic (exact) mass is 363 g/mol. The Kier molecular flexibility index (Phi) is 3.38. The van der Waals surface area contributed by atoms with Crippen molar-refractivity contribution in [3.63, 3.8) is 0 Å². The molecule has 0 fully saturated rings. The van der Waals surface area contributed by atoms with Crippen molar-refractivity contribution < 1.29 is 9.59 Å². The highest BCUT2D eigenvalue weighted by Crippen LogP contribution is 2.46. The van der Waals surface area contributed by atoms with Crippen LogP contribution in [-0.2, 0) is 9.59 Å². The van der Waals surface area contributed by atoms with E-state index in [4.69, 9.17) is 11.6 Å². The van der Waals surface area contributed by atoms with Gasteiger partial charge in [-0.25, -0.2) is 0 Å². The molecule has 1 aliphatic heterocycles. The van der Waals surface area contributed by atoms with Gasteiger partial charge in [-0.3, -0.25) is 9.59 Å². The van der Waals surface area contributed by atoms with Crippen LogP contribution in [0.15, 0.2) is 53.1 Å². The van der Waals surface area contributed by atoms with Gasteiger partial charge in [0, 0.05) is 17.6 Å². The van der Waals surface area contributed by atoms with E-state index < -0.39 is 5.54 Å². The van der Waals surface area contributed by atoms with Gasteiger partial charge in [-0.2, -0.15) is 0 Å². The Morgan fingerprint density at radius 2 is 1.67 bits per heavy atom. The Hall–Kier alpha value is -1.65. The van der Waals surface area contributed by atoms with Crippen LogP contribution in [0.4, 0.5) is 0 Å². The zero-order valence-electron chi connectivity index (χ0n) is 11.1. The first-order valence-corrected chi connectivity index (χ1v) is 7.49. The maximum atomic E-state index is 12.4. The summed E-state index contributed by atoms with van der Waals surface area (Å²) >= 11 is 9.32.